The highest BCUT2D eigenvalue weighted by Crippen LogP contribution is 2.24. The number of nitrogens with two attached hydrogens (primary N) is 1. The van der Waals surface area contributed by atoms with Crippen molar-refractivity contribution >= 4 is 22.5 Å². The first kappa shape index (κ1) is 10.1. The lowest BCUT2D eigenvalue weighted by molar-refractivity contribution is 0.415. The molecule has 1 aromatic heterocycles. The fraction of sp³-hybridized carbons (Fsp3) is 0.200. The summed E-state index contributed by atoms with van der Waals surface area (Å²) < 4.78 is 5.10. The van der Waals surface area contributed by atoms with E-state index in [2.05, 4.69) is 9.97 Å². The second kappa shape index (κ2) is 4.00. The first-order valence-electron chi connectivity index (χ1n) is 4.45. The number of hydrogen-bond acceptors (Lipinski definition) is 4. The molecule has 0 bridgehead atoms. The van der Waals surface area contributed by atoms with E-state index in [4.69, 9.17) is 22.1 Å². The molecule has 15 heavy (non-hydrogen) atoms. The van der Waals surface area contributed by atoms with E-state index in [0.717, 1.165) is 16.7 Å². The standard InChI is InChI=1S/C10H10ClN3O/c1-15-6-2-3-7-8(4-6)13-9(5-12)14-10(7)11/h2-4H,5,12H2,1H3. The van der Waals surface area contributed by atoms with Gasteiger partial charge in [-0.1, -0.05) is 11.6 Å². The van der Waals surface area contributed by atoms with Crippen molar-refractivity contribution in [2.24, 2.45) is 5.73 Å². The summed E-state index contributed by atoms with van der Waals surface area (Å²) in [4.78, 5) is 8.33. The minimum absolute atomic E-state index is 0.271. The Labute approximate surface area is 92.0 Å². The van der Waals surface area contributed by atoms with Crippen molar-refractivity contribution < 1.29 is 4.74 Å². The van der Waals surface area contributed by atoms with Crippen LogP contribution in [0.5, 0.6) is 5.75 Å². The minimum Gasteiger partial charge on any atom is -0.497 e. The topological polar surface area (TPSA) is 61.0 Å². The van der Waals surface area contributed by atoms with Crippen LogP contribution in [-0.2, 0) is 6.54 Å². The third kappa shape index (κ3) is 1.86. The molecule has 0 aliphatic heterocycles. The lowest BCUT2D eigenvalue weighted by atomic mass is 10.2. The highest BCUT2D eigenvalue weighted by molar-refractivity contribution is 6.34. The minimum atomic E-state index is 0.271. The molecule has 2 N–H and O–H groups in total. The van der Waals surface area contributed by atoms with Crippen LogP contribution in [0.25, 0.3) is 10.9 Å². The molecule has 0 spiro atoms. The molecule has 0 saturated heterocycles. The van der Waals surface area contributed by atoms with Crippen molar-refractivity contribution in [3.05, 3.63) is 29.2 Å². The summed E-state index contributed by atoms with van der Waals surface area (Å²) in [7, 11) is 1.60. The summed E-state index contributed by atoms with van der Waals surface area (Å²) in [5.41, 5.74) is 6.21. The van der Waals surface area contributed by atoms with E-state index in [1.807, 2.05) is 18.2 Å². The molecule has 78 valence electrons. The third-order valence-corrected chi connectivity index (χ3v) is 2.37. The second-order valence-electron chi connectivity index (χ2n) is 3.02. The highest BCUT2D eigenvalue weighted by atomic mass is 35.5. The second-order valence-corrected chi connectivity index (χ2v) is 3.38. The largest absolute Gasteiger partial charge is 0.497 e. The highest BCUT2D eigenvalue weighted by Gasteiger charge is 2.05. The van der Waals surface area contributed by atoms with Crippen LogP contribution in [-0.4, -0.2) is 17.1 Å². The van der Waals surface area contributed by atoms with Crippen LogP contribution < -0.4 is 10.5 Å². The molecule has 1 aromatic carbocycles. The van der Waals surface area contributed by atoms with Gasteiger partial charge in [0, 0.05) is 11.5 Å². The number of nitrogens with zero attached hydrogens (tertiary/aromatic N) is 2. The summed E-state index contributed by atoms with van der Waals surface area (Å²) in [5.74, 6) is 1.26. The zero-order valence-corrected chi connectivity index (χ0v) is 8.95. The molecular weight excluding hydrogens is 214 g/mol. The van der Waals surface area contributed by atoms with E-state index in [9.17, 15) is 0 Å². The van der Waals surface area contributed by atoms with Crippen molar-refractivity contribution in [3.63, 3.8) is 0 Å². The number of ether oxygens (including phenoxy) is 1. The van der Waals surface area contributed by atoms with E-state index in [1.54, 1.807) is 7.11 Å². The molecule has 4 nitrogen and oxygen atoms in total. The summed E-state index contributed by atoms with van der Waals surface area (Å²) in [6.07, 6.45) is 0. The van der Waals surface area contributed by atoms with Gasteiger partial charge in [0.25, 0.3) is 0 Å². The maximum absolute atomic E-state index is 5.99. The Kier molecular flexibility index (Phi) is 2.70. The predicted molar refractivity (Wildman–Crippen MR) is 59.0 cm³/mol. The number of benzene rings is 1. The van der Waals surface area contributed by atoms with Crippen molar-refractivity contribution in [2.45, 2.75) is 6.54 Å². The Morgan fingerprint density at radius 2 is 2.20 bits per heavy atom. The van der Waals surface area contributed by atoms with Gasteiger partial charge in [0.15, 0.2) is 0 Å². The fourth-order valence-electron chi connectivity index (χ4n) is 1.33. The van der Waals surface area contributed by atoms with E-state index < -0.39 is 0 Å². The number of hydrogen-bond donors (Lipinski definition) is 1. The number of rotatable bonds is 2. The van der Waals surface area contributed by atoms with E-state index in [-0.39, 0.29) is 6.54 Å². The average Bonchev–Trinajstić information content (AvgIpc) is 2.28. The lowest BCUT2D eigenvalue weighted by Gasteiger charge is -2.04. The SMILES string of the molecule is COc1ccc2c(Cl)nc(CN)nc2c1. The number of aromatic nitrogens is 2. The van der Waals surface area contributed by atoms with Crippen LogP contribution >= 0.6 is 11.6 Å². The van der Waals surface area contributed by atoms with Crippen LogP contribution in [0.3, 0.4) is 0 Å². The maximum Gasteiger partial charge on any atom is 0.144 e. The van der Waals surface area contributed by atoms with Gasteiger partial charge < -0.3 is 10.5 Å². The predicted octanol–water partition coefficient (Wildman–Crippen LogP) is 1.75. The Hall–Kier alpha value is -1.39. The monoisotopic (exact) mass is 223 g/mol. The Morgan fingerprint density at radius 1 is 1.40 bits per heavy atom. The zero-order chi connectivity index (χ0) is 10.8. The van der Waals surface area contributed by atoms with Crippen LogP contribution in [0.15, 0.2) is 18.2 Å². The van der Waals surface area contributed by atoms with Gasteiger partial charge in [0.1, 0.15) is 16.7 Å². The van der Waals surface area contributed by atoms with Gasteiger partial charge in [-0.3, -0.25) is 0 Å². The third-order valence-electron chi connectivity index (χ3n) is 2.09. The number of fused-ring (bicyclic) bond motifs is 1. The van der Waals surface area contributed by atoms with E-state index >= 15 is 0 Å². The molecule has 0 saturated carbocycles. The summed E-state index contributed by atoms with van der Waals surface area (Å²) in [6, 6.07) is 5.46. The molecule has 5 heteroatoms. The maximum atomic E-state index is 5.99. The van der Waals surface area contributed by atoms with Gasteiger partial charge in [-0.2, -0.15) is 0 Å². The Morgan fingerprint density at radius 3 is 2.87 bits per heavy atom. The van der Waals surface area contributed by atoms with Gasteiger partial charge in [-0.05, 0) is 12.1 Å². The van der Waals surface area contributed by atoms with Gasteiger partial charge in [-0.15, -0.1) is 0 Å². The molecule has 0 aliphatic carbocycles. The van der Waals surface area contributed by atoms with Crippen LogP contribution in [0, 0.1) is 0 Å². The van der Waals surface area contributed by atoms with Crippen LogP contribution in [0.4, 0.5) is 0 Å². The molecule has 0 radical (unpaired) electrons. The van der Waals surface area contributed by atoms with Gasteiger partial charge in [-0.25, -0.2) is 9.97 Å². The Balaban J connectivity index is 2.69. The molecule has 0 aliphatic rings. The summed E-state index contributed by atoms with van der Waals surface area (Å²) >= 11 is 5.99. The smallest absolute Gasteiger partial charge is 0.144 e. The molecule has 0 fully saturated rings. The molecule has 2 rings (SSSR count). The number of methoxy groups -OCH3 is 1. The summed E-state index contributed by atoms with van der Waals surface area (Å²) in [6.45, 7) is 0.271. The van der Waals surface area contributed by atoms with Gasteiger partial charge in [0.05, 0.1) is 19.2 Å². The molecule has 1 heterocycles. The van der Waals surface area contributed by atoms with Gasteiger partial charge in [0.2, 0.25) is 0 Å². The molecule has 0 amide bonds. The first-order valence-corrected chi connectivity index (χ1v) is 4.82. The normalized spacial score (nSPS) is 10.6. The Bertz CT molecular complexity index is 496. The van der Waals surface area contributed by atoms with Crippen molar-refractivity contribution in [1.82, 2.24) is 9.97 Å². The fourth-order valence-corrected chi connectivity index (χ4v) is 1.59. The number of halogens is 1. The molecule has 0 unspecified atom stereocenters. The van der Waals surface area contributed by atoms with Crippen molar-refractivity contribution in [1.29, 1.82) is 0 Å². The molecular formula is C10H10ClN3O. The molecule has 0 atom stereocenters. The van der Waals surface area contributed by atoms with Crippen molar-refractivity contribution in [2.75, 3.05) is 7.11 Å². The van der Waals surface area contributed by atoms with Crippen LogP contribution in [0.2, 0.25) is 5.15 Å². The molecule has 2 aromatic rings. The lowest BCUT2D eigenvalue weighted by Crippen LogP contribution is -2.03. The van der Waals surface area contributed by atoms with Crippen LogP contribution in [0.1, 0.15) is 5.82 Å². The van der Waals surface area contributed by atoms with E-state index in [0.29, 0.717) is 11.0 Å². The zero-order valence-electron chi connectivity index (χ0n) is 8.20. The van der Waals surface area contributed by atoms with Gasteiger partial charge >= 0.3 is 0 Å². The van der Waals surface area contributed by atoms with E-state index in [1.165, 1.54) is 0 Å². The average molecular weight is 224 g/mol. The summed E-state index contributed by atoms with van der Waals surface area (Å²) in [5, 5.41) is 1.22. The first-order chi connectivity index (χ1) is 7.24. The van der Waals surface area contributed by atoms with Crippen molar-refractivity contribution in [3.8, 4) is 5.75 Å². The quantitative estimate of drug-likeness (QED) is 0.788.